The Labute approximate surface area is 114 Å². The predicted octanol–water partition coefficient (Wildman–Crippen LogP) is 3.53. The summed E-state index contributed by atoms with van der Waals surface area (Å²) >= 11 is 3.23. The number of benzene rings is 1. The maximum atomic E-state index is 13.3. The molecule has 100 valence electrons. The van der Waals surface area contributed by atoms with Crippen molar-refractivity contribution in [1.82, 2.24) is 0 Å². The molecule has 0 N–H and O–H groups in total. The molecule has 0 saturated heterocycles. The van der Waals surface area contributed by atoms with Crippen molar-refractivity contribution in [3.63, 3.8) is 0 Å². The van der Waals surface area contributed by atoms with Gasteiger partial charge in [0, 0.05) is 7.11 Å². The minimum absolute atomic E-state index is 0.176. The smallest absolute Gasteiger partial charge is 0.324 e. The molecular formula is C13H16BrFO3. The molecule has 0 aliphatic rings. The van der Waals surface area contributed by atoms with Crippen molar-refractivity contribution in [3.05, 3.63) is 35.1 Å². The van der Waals surface area contributed by atoms with Crippen LogP contribution in [0.2, 0.25) is 0 Å². The van der Waals surface area contributed by atoms with Crippen LogP contribution < -0.4 is 0 Å². The number of hydrogen-bond donors (Lipinski definition) is 0. The van der Waals surface area contributed by atoms with E-state index in [0.29, 0.717) is 5.56 Å². The van der Waals surface area contributed by atoms with Crippen LogP contribution in [0.5, 0.6) is 0 Å². The van der Waals surface area contributed by atoms with Gasteiger partial charge in [-0.25, -0.2) is 4.39 Å². The Hall–Kier alpha value is -0.940. The molecule has 1 rings (SSSR count). The van der Waals surface area contributed by atoms with Crippen molar-refractivity contribution in [3.8, 4) is 0 Å². The number of halogens is 2. The molecule has 1 aromatic rings. The van der Waals surface area contributed by atoms with Gasteiger partial charge in [0.25, 0.3) is 0 Å². The monoisotopic (exact) mass is 318 g/mol. The lowest BCUT2D eigenvalue weighted by atomic mass is 9.98. The average Bonchev–Trinajstić information content (AvgIpc) is 2.39. The highest BCUT2D eigenvalue weighted by Gasteiger charge is 2.24. The van der Waals surface area contributed by atoms with E-state index in [1.807, 2.05) is 6.92 Å². The van der Waals surface area contributed by atoms with Gasteiger partial charge in [0.2, 0.25) is 0 Å². The molecule has 2 unspecified atom stereocenters. The molecule has 0 saturated carbocycles. The van der Waals surface area contributed by atoms with Crippen molar-refractivity contribution in [2.75, 3.05) is 14.2 Å². The Morgan fingerprint density at radius 1 is 1.39 bits per heavy atom. The van der Waals surface area contributed by atoms with E-state index in [2.05, 4.69) is 20.7 Å². The lowest BCUT2D eigenvalue weighted by Gasteiger charge is -2.19. The summed E-state index contributed by atoms with van der Waals surface area (Å²) in [6.45, 7) is 1.96. The first-order valence-electron chi connectivity index (χ1n) is 5.59. The molecule has 0 aliphatic heterocycles. The van der Waals surface area contributed by atoms with Gasteiger partial charge in [-0.15, -0.1) is 0 Å². The standard InChI is InChI=1S/C13H16BrFO3/c1-4-11(17-2)9-6-5-8(15)7-10(9)12(14)13(16)18-3/h5-7,11-12H,4H2,1-3H3. The summed E-state index contributed by atoms with van der Waals surface area (Å²) in [7, 11) is 2.88. The Morgan fingerprint density at radius 2 is 2.06 bits per heavy atom. The molecule has 0 amide bonds. The van der Waals surface area contributed by atoms with Crippen LogP contribution in [0.3, 0.4) is 0 Å². The lowest BCUT2D eigenvalue weighted by Crippen LogP contribution is -2.13. The zero-order chi connectivity index (χ0) is 13.7. The highest BCUT2D eigenvalue weighted by molar-refractivity contribution is 9.09. The fourth-order valence-corrected chi connectivity index (χ4v) is 2.39. The van der Waals surface area contributed by atoms with Crippen molar-refractivity contribution in [1.29, 1.82) is 0 Å². The first kappa shape index (κ1) is 15.1. The van der Waals surface area contributed by atoms with Crippen LogP contribution in [-0.4, -0.2) is 20.2 Å². The van der Waals surface area contributed by atoms with E-state index in [4.69, 9.17) is 4.74 Å². The van der Waals surface area contributed by atoms with Crippen LogP contribution in [0.4, 0.5) is 4.39 Å². The Morgan fingerprint density at radius 3 is 2.56 bits per heavy atom. The fraction of sp³-hybridized carbons (Fsp3) is 0.462. The molecule has 1 aromatic carbocycles. The minimum atomic E-state index is -0.697. The van der Waals surface area contributed by atoms with E-state index in [-0.39, 0.29) is 6.10 Å². The summed E-state index contributed by atoms with van der Waals surface area (Å²) < 4.78 is 23.3. The third kappa shape index (κ3) is 3.29. The molecule has 18 heavy (non-hydrogen) atoms. The second-order valence-corrected chi connectivity index (χ2v) is 4.71. The Kier molecular flexibility index (Phi) is 5.75. The van der Waals surface area contributed by atoms with E-state index < -0.39 is 16.6 Å². The fourth-order valence-electron chi connectivity index (χ4n) is 1.80. The molecule has 0 aliphatic carbocycles. The second-order valence-electron chi connectivity index (χ2n) is 3.79. The zero-order valence-electron chi connectivity index (χ0n) is 10.6. The number of esters is 1. The van der Waals surface area contributed by atoms with Crippen molar-refractivity contribution >= 4 is 21.9 Å². The summed E-state index contributed by atoms with van der Waals surface area (Å²) in [5.41, 5.74) is 1.32. The Balaban J connectivity index is 3.22. The molecule has 0 radical (unpaired) electrons. The topological polar surface area (TPSA) is 35.5 Å². The first-order chi connectivity index (χ1) is 8.54. The van der Waals surface area contributed by atoms with Crippen molar-refractivity contribution < 1.29 is 18.7 Å². The molecular weight excluding hydrogens is 303 g/mol. The molecule has 2 atom stereocenters. The number of rotatable bonds is 5. The van der Waals surface area contributed by atoms with Gasteiger partial charge in [-0.2, -0.15) is 0 Å². The van der Waals surface area contributed by atoms with Gasteiger partial charge >= 0.3 is 5.97 Å². The van der Waals surface area contributed by atoms with Gasteiger partial charge in [0.15, 0.2) is 0 Å². The summed E-state index contributed by atoms with van der Waals surface area (Å²) in [4.78, 5) is 10.8. The summed E-state index contributed by atoms with van der Waals surface area (Å²) in [6, 6.07) is 4.32. The quantitative estimate of drug-likeness (QED) is 0.615. The van der Waals surface area contributed by atoms with Crippen LogP contribution in [0.15, 0.2) is 18.2 Å². The first-order valence-corrected chi connectivity index (χ1v) is 6.50. The van der Waals surface area contributed by atoms with Crippen LogP contribution in [0, 0.1) is 5.82 Å². The molecule has 0 fully saturated rings. The zero-order valence-corrected chi connectivity index (χ0v) is 12.2. The summed E-state index contributed by atoms with van der Waals surface area (Å²) in [5, 5.41) is 0. The van der Waals surface area contributed by atoms with Crippen LogP contribution in [0.1, 0.15) is 35.4 Å². The minimum Gasteiger partial charge on any atom is -0.468 e. The number of methoxy groups -OCH3 is 2. The lowest BCUT2D eigenvalue weighted by molar-refractivity contribution is -0.139. The molecule has 0 spiro atoms. The van der Waals surface area contributed by atoms with Gasteiger partial charge in [0.1, 0.15) is 10.6 Å². The second kappa shape index (κ2) is 6.85. The third-order valence-corrected chi connectivity index (χ3v) is 3.60. The summed E-state index contributed by atoms with van der Waals surface area (Å²) in [6.07, 6.45) is 0.557. The number of ether oxygens (including phenoxy) is 2. The normalized spacial score (nSPS) is 14.1. The number of carbonyl (C=O) groups is 1. The van der Waals surface area contributed by atoms with Gasteiger partial charge < -0.3 is 9.47 Å². The average molecular weight is 319 g/mol. The van der Waals surface area contributed by atoms with E-state index in [1.165, 1.54) is 19.2 Å². The molecule has 0 aromatic heterocycles. The van der Waals surface area contributed by atoms with Crippen LogP contribution in [0.25, 0.3) is 0 Å². The number of hydrogen-bond acceptors (Lipinski definition) is 3. The molecule has 0 heterocycles. The van der Waals surface area contributed by atoms with E-state index in [0.717, 1.165) is 12.0 Å². The largest absolute Gasteiger partial charge is 0.468 e. The SMILES string of the molecule is CCC(OC)c1ccc(F)cc1C(Br)C(=O)OC. The van der Waals surface area contributed by atoms with E-state index >= 15 is 0 Å². The maximum Gasteiger partial charge on any atom is 0.324 e. The highest BCUT2D eigenvalue weighted by Crippen LogP contribution is 2.33. The number of carbonyl (C=O) groups excluding carboxylic acids is 1. The molecule has 3 nitrogen and oxygen atoms in total. The van der Waals surface area contributed by atoms with Gasteiger partial charge in [-0.3, -0.25) is 4.79 Å². The Bertz CT molecular complexity index is 419. The van der Waals surface area contributed by atoms with Crippen LogP contribution >= 0.6 is 15.9 Å². The van der Waals surface area contributed by atoms with Gasteiger partial charge in [0.05, 0.1) is 13.2 Å². The molecule has 0 bridgehead atoms. The van der Waals surface area contributed by atoms with Crippen LogP contribution in [-0.2, 0) is 14.3 Å². The van der Waals surface area contributed by atoms with E-state index in [1.54, 1.807) is 13.2 Å². The van der Waals surface area contributed by atoms with Crippen molar-refractivity contribution in [2.45, 2.75) is 24.3 Å². The van der Waals surface area contributed by atoms with Gasteiger partial charge in [-0.1, -0.05) is 28.9 Å². The van der Waals surface area contributed by atoms with Crippen molar-refractivity contribution in [2.24, 2.45) is 0 Å². The maximum absolute atomic E-state index is 13.3. The number of alkyl halides is 1. The summed E-state index contributed by atoms with van der Waals surface area (Å²) in [5.74, 6) is -0.860. The van der Waals surface area contributed by atoms with E-state index in [9.17, 15) is 9.18 Å². The third-order valence-electron chi connectivity index (χ3n) is 2.73. The predicted molar refractivity (Wildman–Crippen MR) is 70.1 cm³/mol. The van der Waals surface area contributed by atoms with Gasteiger partial charge in [-0.05, 0) is 29.7 Å². The highest BCUT2D eigenvalue weighted by atomic mass is 79.9. The molecule has 5 heteroatoms.